The van der Waals surface area contributed by atoms with Crippen molar-refractivity contribution in [2.24, 2.45) is 0 Å². The molecule has 0 radical (unpaired) electrons. The fraction of sp³-hybridized carbons (Fsp3) is 0.250. The highest BCUT2D eigenvalue weighted by Gasteiger charge is 2.03. The van der Waals surface area contributed by atoms with Gasteiger partial charge >= 0.3 is 0 Å². The van der Waals surface area contributed by atoms with Gasteiger partial charge in [-0.3, -0.25) is 0 Å². The number of thiazole rings is 1. The highest BCUT2D eigenvalue weighted by molar-refractivity contribution is 7.09. The summed E-state index contributed by atoms with van der Waals surface area (Å²) in [5, 5.41) is 6.66. The van der Waals surface area contributed by atoms with E-state index in [1.54, 1.807) is 17.4 Å². The summed E-state index contributed by atoms with van der Waals surface area (Å²) in [6.07, 6.45) is 0.946. The zero-order valence-corrected chi connectivity index (χ0v) is 10.9. The Labute approximate surface area is 108 Å². The van der Waals surface area contributed by atoms with E-state index in [9.17, 15) is 4.39 Å². The lowest BCUT2D eigenvalue weighted by atomic mass is 10.3. The van der Waals surface area contributed by atoms with Gasteiger partial charge in [0.15, 0.2) is 0 Å². The number of halogens is 2. The molecule has 1 aromatic heterocycles. The van der Waals surface area contributed by atoms with E-state index in [1.165, 1.54) is 12.1 Å². The first-order valence-electron chi connectivity index (χ1n) is 5.31. The summed E-state index contributed by atoms with van der Waals surface area (Å²) in [4.78, 5) is 4.43. The fourth-order valence-corrected chi connectivity index (χ4v) is 2.39. The average Bonchev–Trinajstić information content (AvgIpc) is 2.76. The third-order valence-corrected chi connectivity index (χ3v) is 3.65. The number of anilines is 1. The van der Waals surface area contributed by atoms with Gasteiger partial charge in [0, 0.05) is 5.38 Å². The van der Waals surface area contributed by atoms with E-state index in [0.29, 0.717) is 11.6 Å². The van der Waals surface area contributed by atoms with Crippen LogP contribution in [0.4, 0.5) is 10.1 Å². The van der Waals surface area contributed by atoms with Crippen LogP contribution < -0.4 is 5.32 Å². The minimum atomic E-state index is -0.331. The monoisotopic (exact) mass is 270 g/mol. The highest BCUT2D eigenvalue weighted by Crippen LogP contribution is 2.23. The number of rotatable bonds is 4. The lowest BCUT2D eigenvalue weighted by Crippen LogP contribution is -2.00. The first kappa shape index (κ1) is 12.3. The number of hydrogen-bond donors (Lipinski definition) is 1. The van der Waals surface area contributed by atoms with Gasteiger partial charge in [-0.2, -0.15) is 0 Å². The zero-order chi connectivity index (χ0) is 12.3. The number of hydrogen-bond acceptors (Lipinski definition) is 3. The Kier molecular flexibility index (Phi) is 3.97. The number of benzene rings is 1. The van der Waals surface area contributed by atoms with Gasteiger partial charge < -0.3 is 5.32 Å². The molecule has 0 bridgehead atoms. The molecule has 0 aliphatic rings. The molecule has 1 N–H and O–H groups in total. The Morgan fingerprint density at radius 2 is 2.29 bits per heavy atom. The maximum atomic E-state index is 12.8. The Morgan fingerprint density at radius 3 is 2.94 bits per heavy atom. The molecule has 90 valence electrons. The van der Waals surface area contributed by atoms with Crippen molar-refractivity contribution in [3.05, 3.63) is 45.1 Å². The van der Waals surface area contributed by atoms with Gasteiger partial charge in [0.25, 0.3) is 0 Å². The summed E-state index contributed by atoms with van der Waals surface area (Å²) in [5.41, 5.74) is 1.70. The topological polar surface area (TPSA) is 24.9 Å². The maximum Gasteiger partial charge on any atom is 0.124 e. The van der Waals surface area contributed by atoms with Crippen molar-refractivity contribution in [2.75, 3.05) is 5.32 Å². The van der Waals surface area contributed by atoms with Crippen molar-refractivity contribution in [3.8, 4) is 0 Å². The summed E-state index contributed by atoms with van der Waals surface area (Å²) in [5.74, 6) is -0.331. The van der Waals surface area contributed by atoms with Crippen molar-refractivity contribution >= 4 is 28.6 Å². The molecule has 0 saturated carbocycles. The van der Waals surface area contributed by atoms with Gasteiger partial charge in [-0.25, -0.2) is 9.37 Å². The van der Waals surface area contributed by atoms with E-state index in [-0.39, 0.29) is 5.82 Å². The number of nitrogens with one attached hydrogen (secondary N) is 1. The van der Waals surface area contributed by atoms with Gasteiger partial charge in [0.2, 0.25) is 0 Å². The van der Waals surface area contributed by atoms with Crippen molar-refractivity contribution < 1.29 is 4.39 Å². The van der Waals surface area contributed by atoms with Gasteiger partial charge in [0.1, 0.15) is 5.82 Å². The molecule has 0 aliphatic heterocycles. The van der Waals surface area contributed by atoms with E-state index < -0.39 is 0 Å². The lowest BCUT2D eigenvalue weighted by molar-refractivity contribution is 0.628. The molecule has 0 amide bonds. The largest absolute Gasteiger partial charge is 0.378 e. The van der Waals surface area contributed by atoms with Crippen LogP contribution in [0.5, 0.6) is 0 Å². The van der Waals surface area contributed by atoms with Crippen LogP contribution >= 0.6 is 22.9 Å². The van der Waals surface area contributed by atoms with E-state index in [1.807, 2.05) is 5.38 Å². The second kappa shape index (κ2) is 5.47. The predicted molar refractivity (Wildman–Crippen MR) is 70.2 cm³/mol. The van der Waals surface area contributed by atoms with Crippen molar-refractivity contribution in [3.63, 3.8) is 0 Å². The molecule has 0 aliphatic carbocycles. The van der Waals surface area contributed by atoms with Gasteiger partial charge in [-0.05, 0) is 24.6 Å². The van der Waals surface area contributed by atoms with Crippen molar-refractivity contribution in [1.29, 1.82) is 0 Å². The van der Waals surface area contributed by atoms with Crippen molar-refractivity contribution in [2.45, 2.75) is 19.9 Å². The van der Waals surface area contributed by atoms with E-state index in [2.05, 4.69) is 17.2 Å². The van der Waals surface area contributed by atoms with Crippen LogP contribution in [0.3, 0.4) is 0 Å². The lowest BCUT2D eigenvalue weighted by Gasteiger charge is -2.06. The first-order chi connectivity index (χ1) is 8.19. The van der Waals surface area contributed by atoms with Crippen LogP contribution in [0.2, 0.25) is 5.02 Å². The summed E-state index contributed by atoms with van der Waals surface area (Å²) < 4.78 is 12.8. The zero-order valence-electron chi connectivity index (χ0n) is 9.34. The predicted octanol–water partition coefficient (Wildman–Crippen LogP) is 4.11. The van der Waals surface area contributed by atoms with Crippen LogP contribution in [-0.2, 0) is 13.0 Å². The second-order valence-electron chi connectivity index (χ2n) is 3.56. The number of aryl methyl sites for hydroxylation is 1. The second-order valence-corrected chi connectivity index (χ2v) is 4.91. The Hall–Kier alpha value is -1.13. The average molecular weight is 271 g/mol. The van der Waals surface area contributed by atoms with Crippen LogP contribution in [0.25, 0.3) is 0 Å². The molecule has 0 fully saturated rings. The van der Waals surface area contributed by atoms with Crippen LogP contribution in [0.15, 0.2) is 23.6 Å². The van der Waals surface area contributed by atoms with Crippen molar-refractivity contribution in [1.82, 2.24) is 4.98 Å². The standard InChI is InChI=1S/C12H12ClFN2S/c1-2-12-16-9(7-17-12)6-15-11-4-3-8(14)5-10(11)13/h3-5,7,15H,2,6H2,1H3. The molecule has 2 aromatic rings. The van der Waals surface area contributed by atoms with Gasteiger partial charge in [-0.15, -0.1) is 11.3 Å². The number of aromatic nitrogens is 1. The molecule has 2 rings (SSSR count). The summed E-state index contributed by atoms with van der Waals surface area (Å²) in [7, 11) is 0. The molecule has 0 saturated heterocycles. The molecular weight excluding hydrogens is 259 g/mol. The minimum absolute atomic E-state index is 0.331. The van der Waals surface area contributed by atoms with Crippen LogP contribution in [-0.4, -0.2) is 4.98 Å². The minimum Gasteiger partial charge on any atom is -0.378 e. The summed E-state index contributed by atoms with van der Waals surface area (Å²) in [6.45, 7) is 2.68. The highest BCUT2D eigenvalue weighted by atomic mass is 35.5. The third-order valence-electron chi connectivity index (χ3n) is 2.29. The molecule has 0 atom stereocenters. The molecule has 1 heterocycles. The maximum absolute atomic E-state index is 12.8. The molecule has 17 heavy (non-hydrogen) atoms. The van der Waals surface area contributed by atoms with Crippen LogP contribution in [0.1, 0.15) is 17.6 Å². The molecule has 0 unspecified atom stereocenters. The molecule has 0 spiro atoms. The Bertz CT molecular complexity index is 513. The normalized spacial score (nSPS) is 10.5. The first-order valence-corrected chi connectivity index (χ1v) is 6.57. The van der Waals surface area contributed by atoms with Gasteiger partial charge in [-0.1, -0.05) is 18.5 Å². The molecular formula is C12H12ClFN2S. The summed E-state index contributed by atoms with van der Waals surface area (Å²) in [6, 6.07) is 4.31. The fourth-order valence-electron chi connectivity index (χ4n) is 1.41. The summed E-state index contributed by atoms with van der Waals surface area (Å²) >= 11 is 7.56. The molecule has 5 heteroatoms. The SMILES string of the molecule is CCc1nc(CNc2ccc(F)cc2Cl)cs1. The smallest absolute Gasteiger partial charge is 0.124 e. The third kappa shape index (κ3) is 3.17. The Balaban J connectivity index is 2.02. The molecule has 1 aromatic carbocycles. The van der Waals surface area contributed by atoms with E-state index in [4.69, 9.17) is 11.6 Å². The number of nitrogens with zero attached hydrogens (tertiary/aromatic N) is 1. The van der Waals surface area contributed by atoms with Crippen LogP contribution in [0, 0.1) is 5.82 Å². The molecule has 2 nitrogen and oxygen atoms in total. The quantitative estimate of drug-likeness (QED) is 0.904. The van der Waals surface area contributed by atoms with E-state index in [0.717, 1.165) is 22.8 Å². The van der Waals surface area contributed by atoms with Gasteiger partial charge in [0.05, 0.1) is 28.0 Å². The van der Waals surface area contributed by atoms with E-state index >= 15 is 0 Å². The Morgan fingerprint density at radius 1 is 1.47 bits per heavy atom.